The zero-order valence-corrected chi connectivity index (χ0v) is 8.25. The van der Waals surface area contributed by atoms with Crippen molar-refractivity contribution in [3.8, 4) is 0 Å². The Hall–Kier alpha value is -0.610. The average molecular weight is 188 g/mol. The van der Waals surface area contributed by atoms with E-state index in [4.69, 9.17) is 10.8 Å². The molecule has 0 bridgehead atoms. The number of rotatable bonds is 8. The maximum absolute atomic E-state index is 10.3. The lowest BCUT2D eigenvalue weighted by molar-refractivity contribution is -0.138. The maximum atomic E-state index is 10.3. The number of carboxylic acid groups (broad SMARTS) is 1. The van der Waals surface area contributed by atoms with E-state index in [0.29, 0.717) is 6.54 Å². The predicted molar refractivity (Wildman–Crippen MR) is 52.6 cm³/mol. The molecule has 0 aliphatic rings. The smallest absolute Gasteiger partial charge is 0.321 e. The quantitative estimate of drug-likeness (QED) is 0.487. The van der Waals surface area contributed by atoms with E-state index in [-0.39, 0.29) is 0 Å². The van der Waals surface area contributed by atoms with E-state index in [2.05, 4.69) is 12.2 Å². The third-order valence-electron chi connectivity index (χ3n) is 1.89. The second-order valence-corrected chi connectivity index (χ2v) is 3.21. The van der Waals surface area contributed by atoms with Crippen LogP contribution < -0.4 is 11.1 Å². The Morgan fingerprint density at radius 2 is 2.15 bits per heavy atom. The summed E-state index contributed by atoms with van der Waals surface area (Å²) >= 11 is 0. The zero-order chi connectivity index (χ0) is 10.1. The van der Waals surface area contributed by atoms with E-state index in [9.17, 15) is 4.79 Å². The molecule has 0 unspecified atom stereocenters. The molecule has 0 radical (unpaired) electrons. The molecular weight excluding hydrogens is 168 g/mol. The van der Waals surface area contributed by atoms with Gasteiger partial charge in [-0.2, -0.15) is 0 Å². The van der Waals surface area contributed by atoms with Crippen molar-refractivity contribution < 1.29 is 9.90 Å². The van der Waals surface area contributed by atoms with Gasteiger partial charge in [0.2, 0.25) is 0 Å². The molecule has 0 spiro atoms. The van der Waals surface area contributed by atoms with Crippen LogP contribution in [0.2, 0.25) is 0 Å². The Morgan fingerprint density at radius 3 is 2.69 bits per heavy atom. The van der Waals surface area contributed by atoms with E-state index in [0.717, 1.165) is 13.0 Å². The molecule has 0 aliphatic heterocycles. The molecule has 4 N–H and O–H groups in total. The van der Waals surface area contributed by atoms with Gasteiger partial charge in [-0.05, 0) is 13.0 Å². The fraction of sp³-hybridized carbons (Fsp3) is 0.889. The number of nitrogens with one attached hydrogen (secondary N) is 1. The normalized spacial score (nSPS) is 12.8. The first kappa shape index (κ1) is 12.4. The van der Waals surface area contributed by atoms with Crippen LogP contribution in [0, 0.1) is 0 Å². The molecule has 13 heavy (non-hydrogen) atoms. The minimum Gasteiger partial charge on any atom is -0.480 e. The minimum atomic E-state index is -0.943. The van der Waals surface area contributed by atoms with Gasteiger partial charge in [-0.1, -0.05) is 26.2 Å². The molecule has 0 heterocycles. The summed E-state index contributed by atoms with van der Waals surface area (Å²) in [6, 6.07) is -0.772. The van der Waals surface area contributed by atoms with Crippen LogP contribution in [0.15, 0.2) is 0 Å². The zero-order valence-electron chi connectivity index (χ0n) is 8.25. The van der Waals surface area contributed by atoms with Gasteiger partial charge in [-0.25, -0.2) is 0 Å². The van der Waals surface area contributed by atoms with E-state index in [1.807, 2.05) is 0 Å². The molecular formula is C9H20N2O2. The molecule has 78 valence electrons. The Morgan fingerprint density at radius 1 is 1.46 bits per heavy atom. The van der Waals surface area contributed by atoms with Crippen LogP contribution in [0.5, 0.6) is 0 Å². The van der Waals surface area contributed by atoms with Crippen LogP contribution in [0.25, 0.3) is 0 Å². The first-order valence-corrected chi connectivity index (χ1v) is 4.87. The first-order valence-electron chi connectivity index (χ1n) is 4.87. The topological polar surface area (TPSA) is 75.3 Å². The highest BCUT2D eigenvalue weighted by Crippen LogP contribution is 1.96. The highest BCUT2D eigenvalue weighted by atomic mass is 16.4. The van der Waals surface area contributed by atoms with Crippen molar-refractivity contribution in [1.82, 2.24) is 5.32 Å². The van der Waals surface area contributed by atoms with Crippen molar-refractivity contribution in [2.24, 2.45) is 5.73 Å². The maximum Gasteiger partial charge on any atom is 0.321 e. The van der Waals surface area contributed by atoms with Crippen LogP contribution in [0.4, 0.5) is 0 Å². The summed E-state index contributed by atoms with van der Waals surface area (Å²) < 4.78 is 0. The van der Waals surface area contributed by atoms with Crippen LogP contribution in [-0.2, 0) is 4.79 Å². The predicted octanol–water partition coefficient (Wildman–Crippen LogP) is 0.568. The largest absolute Gasteiger partial charge is 0.480 e. The molecule has 0 saturated carbocycles. The lowest BCUT2D eigenvalue weighted by atomic mass is 10.2. The van der Waals surface area contributed by atoms with Gasteiger partial charge in [0, 0.05) is 6.54 Å². The number of unbranched alkanes of at least 4 members (excludes halogenated alkanes) is 3. The molecule has 0 aliphatic carbocycles. The van der Waals surface area contributed by atoms with Gasteiger partial charge < -0.3 is 16.2 Å². The molecule has 4 heteroatoms. The summed E-state index contributed by atoms with van der Waals surface area (Å²) in [4.78, 5) is 10.3. The minimum absolute atomic E-state index is 0.363. The van der Waals surface area contributed by atoms with E-state index in [1.54, 1.807) is 0 Å². The second kappa shape index (κ2) is 8.01. The summed E-state index contributed by atoms with van der Waals surface area (Å²) in [6.45, 7) is 3.39. The SMILES string of the molecule is CCCCCCNC[C@H](N)C(=O)O. The molecule has 0 aromatic carbocycles. The number of hydrogen-bond donors (Lipinski definition) is 3. The van der Waals surface area contributed by atoms with Crippen molar-refractivity contribution in [3.05, 3.63) is 0 Å². The number of carboxylic acids is 1. The van der Waals surface area contributed by atoms with Gasteiger partial charge in [0.05, 0.1) is 0 Å². The lowest BCUT2D eigenvalue weighted by Gasteiger charge is -2.07. The number of carbonyl (C=O) groups is 1. The highest BCUT2D eigenvalue weighted by Gasteiger charge is 2.09. The highest BCUT2D eigenvalue weighted by molar-refractivity contribution is 5.73. The Balaban J connectivity index is 3.11. The lowest BCUT2D eigenvalue weighted by Crippen LogP contribution is -2.40. The van der Waals surface area contributed by atoms with Crippen molar-refractivity contribution in [2.75, 3.05) is 13.1 Å². The van der Waals surface area contributed by atoms with Gasteiger partial charge in [0.25, 0.3) is 0 Å². The van der Waals surface area contributed by atoms with Crippen LogP contribution in [-0.4, -0.2) is 30.2 Å². The Bertz CT molecular complexity index is 140. The van der Waals surface area contributed by atoms with Crippen LogP contribution >= 0.6 is 0 Å². The first-order chi connectivity index (χ1) is 6.18. The third-order valence-corrected chi connectivity index (χ3v) is 1.89. The van der Waals surface area contributed by atoms with Crippen molar-refractivity contribution >= 4 is 5.97 Å². The summed E-state index contributed by atoms with van der Waals surface area (Å²) in [7, 11) is 0. The summed E-state index contributed by atoms with van der Waals surface area (Å²) in [5, 5.41) is 11.5. The monoisotopic (exact) mass is 188 g/mol. The van der Waals surface area contributed by atoms with Gasteiger partial charge in [0.1, 0.15) is 6.04 Å². The molecule has 4 nitrogen and oxygen atoms in total. The fourth-order valence-corrected chi connectivity index (χ4v) is 1.02. The number of nitrogens with two attached hydrogens (primary N) is 1. The molecule has 0 amide bonds. The Labute approximate surface area is 79.5 Å². The molecule has 0 saturated heterocycles. The van der Waals surface area contributed by atoms with Crippen LogP contribution in [0.3, 0.4) is 0 Å². The molecule has 1 atom stereocenters. The van der Waals surface area contributed by atoms with Gasteiger partial charge in [0.15, 0.2) is 0 Å². The van der Waals surface area contributed by atoms with Gasteiger partial charge in [-0.15, -0.1) is 0 Å². The number of aliphatic carboxylic acids is 1. The van der Waals surface area contributed by atoms with Crippen molar-refractivity contribution in [1.29, 1.82) is 0 Å². The second-order valence-electron chi connectivity index (χ2n) is 3.21. The van der Waals surface area contributed by atoms with Gasteiger partial charge in [-0.3, -0.25) is 4.79 Å². The molecule has 0 rings (SSSR count). The average Bonchev–Trinajstić information content (AvgIpc) is 2.10. The van der Waals surface area contributed by atoms with Crippen molar-refractivity contribution in [2.45, 2.75) is 38.6 Å². The Kier molecular flexibility index (Phi) is 7.63. The fourth-order valence-electron chi connectivity index (χ4n) is 1.02. The van der Waals surface area contributed by atoms with E-state index < -0.39 is 12.0 Å². The number of hydrogen-bond acceptors (Lipinski definition) is 3. The molecule has 0 fully saturated rings. The summed E-state index contributed by atoms with van der Waals surface area (Å²) in [5.41, 5.74) is 5.30. The van der Waals surface area contributed by atoms with E-state index in [1.165, 1.54) is 19.3 Å². The third kappa shape index (κ3) is 7.74. The molecule has 0 aromatic heterocycles. The summed E-state index contributed by atoms with van der Waals surface area (Å²) in [5.74, 6) is -0.943. The van der Waals surface area contributed by atoms with Crippen molar-refractivity contribution in [3.63, 3.8) is 0 Å². The summed E-state index contributed by atoms with van der Waals surface area (Å²) in [6.07, 6.45) is 4.76. The van der Waals surface area contributed by atoms with Crippen LogP contribution in [0.1, 0.15) is 32.6 Å². The van der Waals surface area contributed by atoms with Gasteiger partial charge >= 0.3 is 5.97 Å². The van der Waals surface area contributed by atoms with E-state index >= 15 is 0 Å². The molecule has 0 aromatic rings. The standard InChI is InChI=1S/C9H20N2O2/c1-2-3-4-5-6-11-7-8(10)9(12)13/h8,11H,2-7,10H2,1H3,(H,12,13)/t8-/m0/s1.